The molecule has 1 atom stereocenters. The molecule has 1 unspecified atom stereocenters. The number of hydrogen-bond donors (Lipinski definition) is 3. The summed E-state index contributed by atoms with van der Waals surface area (Å²) >= 11 is 0. The van der Waals surface area contributed by atoms with Gasteiger partial charge in [-0.15, -0.1) is 0 Å². The van der Waals surface area contributed by atoms with Crippen LogP contribution in [-0.2, 0) is 14.8 Å². The zero-order valence-corrected chi connectivity index (χ0v) is 17.3. The number of nitrogens with zero attached hydrogens (tertiary/aromatic N) is 4. The van der Waals surface area contributed by atoms with Crippen molar-refractivity contribution in [1.82, 2.24) is 25.3 Å². The Labute approximate surface area is 173 Å². The summed E-state index contributed by atoms with van der Waals surface area (Å²) in [6, 6.07) is 3.78. The van der Waals surface area contributed by atoms with Gasteiger partial charge in [0.15, 0.2) is 10.8 Å². The molecule has 30 heavy (non-hydrogen) atoms. The van der Waals surface area contributed by atoms with Crippen LogP contribution in [0, 0.1) is 0 Å². The highest BCUT2D eigenvalue weighted by Crippen LogP contribution is 2.27. The highest BCUT2D eigenvalue weighted by Gasteiger charge is 2.39. The van der Waals surface area contributed by atoms with Crippen molar-refractivity contribution in [2.75, 3.05) is 18.7 Å². The van der Waals surface area contributed by atoms with E-state index in [1.807, 2.05) is 4.72 Å². The molecule has 0 aromatic carbocycles. The summed E-state index contributed by atoms with van der Waals surface area (Å²) in [6.07, 6.45) is 5.12. The van der Waals surface area contributed by atoms with Gasteiger partial charge in [0, 0.05) is 18.1 Å². The molecule has 3 rings (SSSR count). The van der Waals surface area contributed by atoms with Crippen molar-refractivity contribution in [3.63, 3.8) is 0 Å². The first kappa shape index (κ1) is 21.1. The Morgan fingerprint density at radius 2 is 2.10 bits per heavy atom. The Balaban J connectivity index is 1.82. The summed E-state index contributed by atoms with van der Waals surface area (Å²) in [4.78, 5) is 32.7. The number of aromatic nitrogens is 1. The quantitative estimate of drug-likeness (QED) is 0.624. The fourth-order valence-electron chi connectivity index (χ4n) is 2.89. The van der Waals surface area contributed by atoms with E-state index >= 15 is 0 Å². The number of sulfonamides is 1. The van der Waals surface area contributed by atoms with Crippen LogP contribution in [0.25, 0.3) is 0 Å². The SMILES string of the molecule is COC(=O)N1CC=C(S(=O)(=O)NC(=O)NC2(C)N=CC=C(C)N2)N1c1ccccn1. The van der Waals surface area contributed by atoms with E-state index in [1.54, 1.807) is 32.1 Å². The third-order valence-corrected chi connectivity index (χ3v) is 5.44. The number of nitrogens with one attached hydrogen (secondary N) is 3. The van der Waals surface area contributed by atoms with Crippen molar-refractivity contribution in [2.45, 2.75) is 19.6 Å². The standard InChI is InChI=1S/C17H21N7O5S/c1-12-7-10-19-17(2,20-12)21-15(25)22-30(27,28)14-8-11-23(16(26)29-3)24(14)13-6-4-5-9-18-13/h4-10,20H,11H2,1-3H3,(H2,21,22,25). The highest BCUT2D eigenvalue weighted by molar-refractivity contribution is 7.94. The number of allylic oxidation sites excluding steroid dienone is 2. The van der Waals surface area contributed by atoms with E-state index < -0.39 is 27.9 Å². The molecule has 0 radical (unpaired) electrons. The van der Waals surface area contributed by atoms with Crippen LogP contribution in [-0.4, -0.2) is 56.2 Å². The second-order valence-corrected chi connectivity index (χ2v) is 8.11. The van der Waals surface area contributed by atoms with Crippen LogP contribution in [0.3, 0.4) is 0 Å². The molecule has 2 aliphatic rings. The zero-order valence-electron chi connectivity index (χ0n) is 16.5. The van der Waals surface area contributed by atoms with Gasteiger partial charge in [0.1, 0.15) is 0 Å². The Hall–Kier alpha value is -3.61. The van der Waals surface area contributed by atoms with Gasteiger partial charge in [0.25, 0.3) is 10.0 Å². The topological polar surface area (TPSA) is 145 Å². The van der Waals surface area contributed by atoms with Crippen molar-refractivity contribution < 1.29 is 22.7 Å². The lowest BCUT2D eigenvalue weighted by Gasteiger charge is -2.31. The average molecular weight is 435 g/mol. The van der Waals surface area contributed by atoms with Crippen molar-refractivity contribution in [1.29, 1.82) is 0 Å². The van der Waals surface area contributed by atoms with Crippen LogP contribution < -0.4 is 20.4 Å². The maximum Gasteiger partial charge on any atom is 0.429 e. The zero-order chi connectivity index (χ0) is 21.9. The lowest BCUT2D eigenvalue weighted by molar-refractivity contribution is 0.130. The molecule has 160 valence electrons. The van der Waals surface area contributed by atoms with Crippen LogP contribution in [0.15, 0.2) is 52.3 Å². The number of carbonyl (C=O) groups excluding carboxylic acids is 2. The molecule has 13 heteroatoms. The summed E-state index contributed by atoms with van der Waals surface area (Å²) in [6.45, 7) is 3.25. The number of aliphatic imine (C=N–C) groups is 1. The number of hydrazine groups is 1. The van der Waals surface area contributed by atoms with Crippen LogP contribution in [0.5, 0.6) is 0 Å². The van der Waals surface area contributed by atoms with Crippen molar-refractivity contribution in [3.8, 4) is 0 Å². The molecule has 3 N–H and O–H groups in total. The molecule has 3 heterocycles. The number of hydrogen-bond acceptors (Lipinski definition) is 9. The molecule has 0 saturated heterocycles. The van der Waals surface area contributed by atoms with Gasteiger partial charge in [-0.3, -0.25) is 5.32 Å². The number of ether oxygens (including phenoxy) is 1. The summed E-state index contributed by atoms with van der Waals surface area (Å²) in [5.74, 6) is -1.06. The molecule has 1 aromatic rings. The first-order valence-corrected chi connectivity index (χ1v) is 10.3. The Bertz CT molecular complexity index is 1040. The second-order valence-electron chi connectivity index (χ2n) is 6.48. The van der Waals surface area contributed by atoms with Crippen molar-refractivity contribution in [2.24, 2.45) is 4.99 Å². The van der Waals surface area contributed by atoms with Gasteiger partial charge in [-0.25, -0.2) is 34.3 Å². The van der Waals surface area contributed by atoms with Crippen LogP contribution in [0.4, 0.5) is 15.4 Å². The van der Waals surface area contributed by atoms with E-state index in [2.05, 4.69) is 20.6 Å². The first-order valence-electron chi connectivity index (χ1n) is 8.77. The lowest BCUT2D eigenvalue weighted by Crippen LogP contribution is -2.59. The van der Waals surface area contributed by atoms with E-state index in [0.717, 1.165) is 15.7 Å². The van der Waals surface area contributed by atoms with Gasteiger partial charge < -0.3 is 10.1 Å². The molecule has 3 amide bonds. The van der Waals surface area contributed by atoms with Crippen LogP contribution >= 0.6 is 0 Å². The Morgan fingerprint density at radius 3 is 2.73 bits per heavy atom. The minimum absolute atomic E-state index is 0.0886. The molecule has 12 nitrogen and oxygen atoms in total. The average Bonchev–Trinajstić information content (AvgIpc) is 3.13. The number of rotatable bonds is 4. The molecule has 1 aromatic heterocycles. The number of pyridine rings is 1. The molecule has 2 aliphatic heterocycles. The normalized spacial score (nSPS) is 20.8. The summed E-state index contributed by atoms with van der Waals surface area (Å²) in [7, 11) is -3.21. The smallest absolute Gasteiger partial charge is 0.429 e. The first-order chi connectivity index (χ1) is 14.1. The molecule has 0 saturated carbocycles. The number of carbonyl (C=O) groups is 2. The predicted molar refractivity (Wildman–Crippen MR) is 108 cm³/mol. The van der Waals surface area contributed by atoms with Gasteiger partial charge in [-0.1, -0.05) is 6.07 Å². The number of urea groups is 1. The fourth-order valence-corrected chi connectivity index (χ4v) is 4.01. The highest BCUT2D eigenvalue weighted by atomic mass is 32.2. The summed E-state index contributed by atoms with van der Waals surface area (Å²) in [5, 5.41) is 7.15. The van der Waals surface area contributed by atoms with E-state index in [4.69, 9.17) is 4.74 Å². The summed E-state index contributed by atoms with van der Waals surface area (Å²) < 4.78 is 32.5. The Kier molecular flexibility index (Phi) is 5.64. The van der Waals surface area contributed by atoms with Crippen molar-refractivity contribution in [3.05, 3.63) is 47.3 Å². The van der Waals surface area contributed by atoms with Gasteiger partial charge in [0.05, 0.1) is 13.7 Å². The maximum atomic E-state index is 12.9. The predicted octanol–water partition coefficient (Wildman–Crippen LogP) is 0.607. The van der Waals surface area contributed by atoms with Crippen LogP contribution in [0.2, 0.25) is 0 Å². The minimum Gasteiger partial charge on any atom is -0.452 e. The lowest BCUT2D eigenvalue weighted by atomic mass is 10.3. The second kappa shape index (κ2) is 8.02. The van der Waals surface area contributed by atoms with Gasteiger partial charge >= 0.3 is 12.1 Å². The Morgan fingerprint density at radius 1 is 1.33 bits per heavy atom. The van der Waals surface area contributed by atoms with Gasteiger partial charge in [-0.2, -0.15) is 8.42 Å². The largest absolute Gasteiger partial charge is 0.452 e. The van der Waals surface area contributed by atoms with E-state index in [-0.39, 0.29) is 17.4 Å². The maximum absolute atomic E-state index is 12.9. The number of methoxy groups -OCH3 is 1. The third-order valence-electron chi connectivity index (χ3n) is 4.10. The molecule has 0 spiro atoms. The number of amides is 3. The van der Waals surface area contributed by atoms with Gasteiger partial charge in [0.2, 0.25) is 5.79 Å². The molecule has 0 bridgehead atoms. The van der Waals surface area contributed by atoms with Crippen molar-refractivity contribution >= 4 is 34.2 Å². The molecule has 0 aliphatic carbocycles. The third kappa shape index (κ3) is 4.35. The minimum atomic E-state index is -4.38. The molecular weight excluding hydrogens is 414 g/mol. The van der Waals surface area contributed by atoms with E-state index in [9.17, 15) is 18.0 Å². The van der Waals surface area contributed by atoms with Gasteiger partial charge in [-0.05, 0) is 38.1 Å². The van der Waals surface area contributed by atoms with E-state index in [0.29, 0.717) is 0 Å². The molecule has 0 fully saturated rings. The molecular formula is C17H21N7O5S. The fraction of sp³-hybridized carbons (Fsp3) is 0.294. The summed E-state index contributed by atoms with van der Waals surface area (Å²) in [5.41, 5.74) is 0.740. The monoisotopic (exact) mass is 435 g/mol. The van der Waals surface area contributed by atoms with Crippen LogP contribution in [0.1, 0.15) is 13.8 Å². The number of anilines is 1. The van der Waals surface area contributed by atoms with E-state index in [1.165, 1.54) is 31.7 Å².